The average Bonchev–Trinajstić information content (AvgIpc) is 2.30. The van der Waals surface area contributed by atoms with E-state index < -0.39 is 0 Å². The summed E-state index contributed by atoms with van der Waals surface area (Å²) in [6, 6.07) is 0. The Balaban J connectivity index is 3.54. The Hall–Kier alpha value is -0.610. The fourth-order valence-corrected chi connectivity index (χ4v) is 1.40. The maximum absolute atomic E-state index is 11.3. The van der Waals surface area contributed by atoms with Crippen molar-refractivity contribution in [1.82, 2.24) is 0 Å². The van der Waals surface area contributed by atoms with Crippen LogP contribution in [0.15, 0.2) is 0 Å². The summed E-state index contributed by atoms with van der Waals surface area (Å²) in [5, 5.41) is 0. The molecule has 0 aliphatic rings. The minimum Gasteiger partial charge on any atom is -0.466 e. The van der Waals surface area contributed by atoms with Gasteiger partial charge in [-0.15, -0.1) is 0 Å². The number of hydrogen-bond acceptors (Lipinski definition) is 4. The first kappa shape index (κ1) is 16.4. The molecular weight excluding hydrogens is 220 g/mol. The Labute approximate surface area is 105 Å². The fraction of sp³-hybridized carbons (Fsp3) is 0.923. The molecule has 0 radical (unpaired) electrons. The van der Waals surface area contributed by atoms with Crippen LogP contribution in [0.4, 0.5) is 0 Å². The zero-order valence-electron chi connectivity index (χ0n) is 11.4. The molecule has 0 aromatic heterocycles. The van der Waals surface area contributed by atoms with E-state index in [4.69, 9.17) is 14.2 Å². The minimum absolute atomic E-state index is 0.120. The Kier molecular flexibility index (Phi) is 11.4. The van der Waals surface area contributed by atoms with Gasteiger partial charge in [0.05, 0.1) is 6.61 Å². The van der Waals surface area contributed by atoms with Gasteiger partial charge < -0.3 is 14.2 Å². The zero-order chi connectivity index (χ0) is 12.9. The monoisotopic (exact) mass is 246 g/mol. The number of carbonyl (C=O) groups excluding carboxylic acids is 1. The molecule has 0 saturated heterocycles. The molecule has 0 spiro atoms. The standard InChI is InChI=1S/C13H26O4/c1-4-7-11-17-12(14)9-8-10-13(15-5-2)16-6-3/h13H,4-11H2,1-3H3. The quantitative estimate of drug-likeness (QED) is 0.319. The summed E-state index contributed by atoms with van der Waals surface area (Å²) in [5.74, 6) is -0.120. The molecule has 0 aromatic carbocycles. The van der Waals surface area contributed by atoms with Crippen LogP contribution in [0, 0.1) is 0 Å². The van der Waals surface area contributed by atoms with Crippen LogP contribution in [0.25, 0.3) is 0 Å². The van der Waals surface area contributed by atoms with Gasteiger partial charge in [-0.3, -0.25) is 4.79 Å². The highest BCUT2D eigenvalue weighted by Crippen LogP contribution is 2.07. The highest BCUT2D eigenvalue weighted by atomic mass is 16.7. The van der Waals surface area contributed by atoms with Crippen molar-refractivity contribution in [3.63, 3.8) is 0 Å². The second-order valence-electron chi connectivity index (χ2n) is 3.81. The van der Waals surface area contributed by atoms with Crippen LogP contribution in [0.5, 0.6) is 0 Å². The number of unbranched alkanes of at least 4 members (excludes halogenated alkanes) is 1. The number of esters is 1. The van der Waals surface area contributed by atoms with E-state index in [1.54, 1.807) is 0 Å². The zero-order valence-corrected chi connectivity index (χ0v) is 11.4. The van der Waals surface area contributed by atoms with E-state index in [1.807, 2.05) is 13.8 Å². The molecule has 0 rings (SSSR count). The van der Waals surface area contributed by atoms with E-state index in [0.29, 0.717) is 26.2 Å². The van der Waals surface area contributed by atoms with Crippen LogP contribution in [0.1, 0.15) is 52.9 Å². The van der Waals surface area contributed by atoms with E-state index in [1.165, 1.54) is 0 Å². The minimum atomic E-state index is -0.187. The lowest BCUT2D eigenvalue weighted by molar-refractivity contribution is -0.148. The first-order chi connectivity index (χ1) is 8.24. The van der Waals surface area contributed by atoms with Gasteiger partial charge in [-0.1, -0.05) is 13.3 Å². The van der Waals surface area contributed by atoms with Crippen molar-refractivity contribution in [1.29, 1.82) is 0 Å². The van der Waals surface area contributed by atoms with Crippen LogP contribution < -0.4 is 0 Å². The SMILES string of the molecule is CCCCOC(=O)CCCC(OCC)OCC. The highest BCUT2D eigenvalue weighted by Gasteiger charge is 2.09. The molecule has 0 heterocycles. The number of hydrogen-bond donors (Lipinski definition) is 0. The van der Waals surface area contributed by atoms with Crippen molar-refractivity contribution in [3.8, 4) is 0 Å². The molecule has 0 atom stereocenters. The third-order valence-electron chi connectivity index (χ3n) is 2.29. The maximum Gasteiger partial charge on any atom is 0.305 e. The summed E-state index contributed by atoms with van der Waals surface area (Å²) in [6.45, 7) is 7.74. The maximum atomic E-state index is 11.3. The third-order valence-corrected chi connectivity index (χ3v) is 2.29. The van der Waals surface area contributed by atoms with Crippen LogP contribution in [-0.4, -0.2) is 32.1 Å². The summed E-state index contributed by atoms with van der Waals surface area (Å²) in [5.41, 5.74) is 0. The van der Waals surface area contributed by atoms with Crippen molar-refractivity contribution < 1.29 is 19.0 Å². The lowest BCUT2D eigenvalue weighted by Gasteiger charge is -2.16. The Morgan fingerprint density at radius 2 is 1.71 bits per heavy atom. The van der Waals surface area contributed by atoms with Crippen molar-refractivity contribution in [3.05, 3.63) is 0 Å². The molecule has 0 aliphatic heterocycles. The van der Waals surface area contributed by atoms with E-state index >= 15 is 0 Å². The van der Waals surface area contributed by atoms with Crippen LogP contribution in [0.3, 0.4) is 0 Å². The van der Waals surface area contributed by atoms with E-state index in [9.17, 15) is 4.79 Å². The fourth-order valence-electron chi connectivity index (χ4n) is 1.40. The summed E-state index contributed by atoms with van der Waals surface area (Å²) in [7, 11) is 0. The molecule has 0 unspecified atom stereocenters. The van der Waals surface area contributed by atoms with Gasteiger partial charge in [0.2, 0.25) is 0 Å². The predicted octanol–water partition coefficient (Wildman–Crippen LogP) is 2.90. The second-order valence-corrected chi connectivity index (χ2v) is 3.81. The highest BCUT2D eigenvalue weighted by molar-refractivity contribution is 5.69. The van der Waals surface area contributed by atoms with Gasteiger partial charge in [0, 0.05) is 19.6 Å². The molecule has 4 nitrogen and oxygen atoms in total. The van der Waals surface area contributed by atoms with Gasteiger partial charge in [-0.2, -0.15) is 0 Å². The number of carbonyl (C=O) groups is 1. The molecule has 0 N–H and O–H groups in total. The summed E-state index contributed by atoms with van der Waals surface area (Å²) in [4.78, 5) is 11.3. The van der Waals surface area contributed by atoms with Gasteiger partial charge in [0.25, 0.3) is 0 Å². The second kappa shape index (κ2) is 11.9. The van der Waals surface area contributed by atoms with E-state index in [-0.39, 0.29) is 12.3 Å². The smallest absolute Gasteiger partial charge is 0.305 e. The lowest BCUT2D eigenvalue weighted by atomic mass is 10.2. The lowest BCUT2D eigenvalue weighted by Crippen LogP contribution is -2.18. The number of ether oxygens (including phenoxy) is 3. The van der Waals surface area contributed by atoms with Crippen molar-refractivity contribution >= 4 is 5.97 Å². The Bertz CT molecular complexity index is 176. The first-order valence-corrected chi connectivity index (χ1v) is 6.63. The van der Waals surface area contributed by atoms with Crippen molar-refractivity contribution in [2.75, 3.05) is 19.8 Å². The predicted molar refractivity (Wildman–Crippen MR) is 66.8 cm³/mol. The number of rotatable bonds is 11. The third kappa shape index (κ3) is 10.3. The molecule has 0 bridgehead atoms. The van der Waals surface area contributed by atoms with Crippen molar-refractivity contribution in [2.24, 2.45) is 0 Å². The molecule has 0 saturated carbocycles. The molecular formula is C13H26O4. The van der Waals surface area contributed by atoms with Gasteiger partial charge in [-0.25, -0.2) is 0 Å². The largest absolute Gasteiger partial charge is 0.466 e. The molecule has 4 heteroatoms. The van der Waals surface area contributed by atoms with E-state index in [2.05, 4.69) is 6.92 Å². The van der Waals surface area contributed by atoms with Crippen molar-refractivity contribution in [2.45, 2.75) is 59.2 Å². The molecule has 0 fully saturated rings. The van der Waals surface area contributed by atoms with Gasteiger partial charge >= 0.3 is 5.97 Å². The first-order valence-electron chi connectivity index (χ1n) is 6.63. The van der Waals surface area contributed by atoms with Gasteiger partial charge in [0.15, 0.2) is 6.29 Å². The topological polar surface area (TPSA) is 44.8 Å². The summed E-state index contributed by atoms with van der Waals surface area (Å²) < 4.78 is 15.8. The van der Waals surface area contributed by atoms with Crippen LogP contribution in [-0.2, 0) is 19.0 Å². The Morgan fingerprint density at radius 1 is 1.06 bits per heavy atom. The van der Waals surface area contributed by atoms with Crippen LogP contribution >= 0.6 is 0 Å². The summed E-state index contributed by atoms with van der Waals surface area (Å²) in [6.07, 6.45) is 3.73. The molecule has 0 amide bonds. The molecule has 102 valence electrons. The molecule has 0 aliphatic carbocycles. The molecule has 0 aromatic rings. The summed E-state index contributed by atoms with van der Waals surface area (Å²) >= 11 is 0. The van der Waals surface area contributed by atoms with Gasteiger partial charge in [-0.05, 0) is 33.1 Å². The average molecular weight is 246 g/mol. The van der Waals surface area contributed by atoms with Gasteiger partial charge in [0.1, 0.15) is 0 Å². The Morgan fingerprint density at radius 3 is 2.24 bits per heavy atom. The normalized spacial score (nSPS) is 10.8. The van der Waals surface area contributed by atoms with E-state index in [0.717, 1.165) is 25.7 Å². The molecule has 17 heavy (non-hydrogen) atoms. The van der Waals surface area contributed by atoms with Crippen LogP contribution in [0.2, 0.25) is 0 Å².